The number of phenols is 2. The molecule has 2 aliphatic heterocycles. The molecule has 0 spiro atoms. The molecule has 2 atom stereocenters. The fourth-order valence-corrected chi connectivity index (χ4v) is 7.44. The lowest BCUT2D eigenvalue weighted by Gasteiger charge is -2.49. The van der Waals surface area contributed by atoms with Crippen molar-refractivity contribution in [2.24, 2.45) is 5.16 Å². The fraction of sp³-hybridized carbons (Fsp3) is 0.206. The molecule has 2 aromatic carbocycles. The first kappa shape index (κ1) is 36.2. The Balaban J connectivity index is 1.16. The number of allylic oxidation sites excluding steroid dienone is 1. The zero-order valence-corrected chi connectivity index (χ0v) is 29.7. The number of nitrogens with zero attached hydrogens (tertiary/aromatic N) is 4. The summed E-state index contributed by atoms with van der Waals surface area (Å²) < 4.78 is 1.88. The molecule has 4 aromatic rings. The van der Waals surface area contributed by atoms with Crippen molar-refractivity contribution in [3.63, 3.8) is 0 Å². The van der Waals surface area contributed by atoms with Gasteiger partial charge in [0.15, 0.2) is 35.1 Å². The van der Waals surface area contributed by atoms with Gasteiger partial charge in [0.05, 0.1) is 16.5 Å². The van der Waals surface area contributed by atoms with Crippen molar-refractivity contribution >= 4 is 86.3 Å². The Hall–Kier alpha value is -5.65. The molecule has 0 bridgehead atoms. The van der Waals surface area contributed by atoms with Gasteiger partial charge in [0.1, 0.15) is 22.8 Å². The van der Waals surface area contributed by atoms with Crippen LogP contribution >= 0.6 is 34.7 Å². The molecule has 268 valence electrons. The quantitative estimate of drug-likeness (QED) is 0.0425. The van der Waals surface area contributed by atoms with E-state index in [4.69, 9.17) is 22.2 Å². The summed E-state index contributed by atoms with van der Waals surface area (Å²) in [7, 11) is 0. The Labute approximate surface area is 308 Å². The van der Waals surface area contributed by atoms with Gasteiger partial charge in [-0.05, 0) is 31.1 Å². The zero-order chi connectivity index (χ0) is 37.5. The molecule has 4 heterocycles. The van der Waals surface area contributed by atoms with Gasteiger partial charge in [0, 0.05) is 22.8 Å². The van der Waals surface area contributed by atoms with Crippen LogP contribution in [0.15, 0.2) is 76.5 Å². The molecule has 0 radical (unpaired) electrons. The minimum absolute atomic E-state index is 0.00588. The van der Waals surface area contributed by atoms with Gasteiger partial charge in [0.2, 0.25) is 11.1 Å². The lowest BCUT2D eigenvalue weighted by molar-refractivity contribution is -0.662. The van der Waals surface area contributed by atoms with E-state index in [0.29, 0.717) is 28.0 Å². The molecule has 15 nitrogen and oxygen atoms in total. The smallest absolute Gasteiger partial charge is 0.352 e. The molecule has 2 aliphatic rings. The number of β-lactam (4-membered cyclic amide) rings is 1. The summed E-state index contributed by atoms with van der Waals surface area (Å²) in [5.74, 6) is -4.51. The van der Waals surface area contributed by atoms with E-state index in [-0.39, 0.29) is 33.8 Å². The van der Waals surface area contributed by atoms with Gasteiger partial charge in [-0.2, -0.15) is 4.57 Å². The topological polar surface area (TPSA) is 229 Å². The van der Waals surface area contributed by atoms with Crippen molar-refractivity contribution in [1.29, 1.82) is 0 Å². The molecule has 2 aromatic heterocycles. The number of carboxylic acids is 2. The van der Waals surface area contributed by atoms with Gasteiger partial charge in [0.25, 0.3) is 11.8 Å². The van der Waals surface area contributed by atoms with Crippen LogP contribution in [0.4, 0.5) is 5.13 Å². The highest BCUT2D eigenvalue weighted by molar-refractivity contribution is 8.00. The summed E-state index contributed by atoms with van der Waals surface area (Å²) >= 11 is 8.58. The van der Waals surface area contributed by atoms with Crippen LogP contribution in [0.2, 0.25) is 5.02 Å². The van der Waals surface area contributed by atoms with Gasteiger partial charge < -0.3 is 36.3 Å². The number of nitrogens with two attached hydrogens (primary N) is 1. The first-order valence-electron chi connectivity index (χ1n) is 15.4. The highest BCUT2D eigenvalue weighted by atomic mass is 35.5. The number of nitrogen functional groups attached to an aromatic ring is 1. The number of hydrogen-bond donors (Lipinski definition) is 6. The number of halogens is 1. The summed E-state index contributed by atoms with van der Waals surface area (Å²) in [4.78, 5) is 60.8. The summed E-state index contributed by atoms with van der Waals surface area (Å²) in [6, 6.07) is 10.9. The Morgan fingerprint density at radius 3 is 2.52 bits per heavy atom. The van der Waals surface area contributed by atoms with E-state index in [9.17, 15) is 39.6 Å². The van der Waals surface area contributed by atoms with Gasteiger partial charge in [-0.1, -0.05) is 53.2 Å². The molecule has 0 aliphatic carbocycles. The molecule has 2 amide bonds. The number of nitrogens with one attached hydrogen (secondary N) is 1. The van der Waals surface area contributed by atoms with E-state index in [0.717, 1.165) is 27.4 Å². The highest BCUT2D eigenvalue weighted by Gasteiger charge is 2.54. The number of phenolic OH excluding ortho intramolecular Hbond substituents is 2. The van der Waals surface area contributed by atoms with E-state index in [1.54, 1.807) is 24.4 Å². The third kappa shape index (κ3) is 7.10. The fourth-order valence-electron chi connectivity index (χ4n) is 5.37. The van der Waals surface area contributed by atoms with Crippen molar-refractivity contribution in [2.75, 3.05) is 11.5 Å². The maximum absolute atomic E-state index is 13.3. The molecule has 7 N–H and O–H groups in total. The number of benzene rings is 2. The van der Waals surface area contributed by atoms with Crippen LogP contribution in [-0.4, -0.2) is 82.5 Å². The third-order valence-corrected chi connectivity index (χ3v) is 10.5. The Kier molecular flexibility index (Phi) is 9.85. The molecule has 0 saturated carbocycles. The van der Waals surface area contributed by atoms with Crippen molar-refractivity contribution < 1.29 is 49.0 Å². The SMILES string of the molecule is CC(C)(O/N=C(\C(=O)NC1C(=O)N2C(C(=O)O)=C(/C=C/c3ccc(C[n+]4ccc(Cl)c5cc(O)c(O)cc54)cc3)CSC12)c1csc(N)n1)C(=O)O. The number of fused-ring (bicyclic) bond motifs is 2. The number of aliphatic carboxylic acids is 2. The molecule has 1 fully saturated rings. The number of carbonyl (C=O) groups excluding carboxylic acids is 2. The molecular weight excluding hydrogens is 736 g/mol. The Bertz CT molecular complexity index is 2240. The molecule has 1 saturated heterocycles. The molecule has 6 rings (SSSR count). The summed E-state index contributed by atoms with van der Waals surface area (Å²) in [5, 5.41) is 47.6. The van der Waals surface area contributed by atoms with Gasteiger partial charge in [-0.15, -0.1) is 23.1 Å². The lowest BCUT2D eigenvalue weighted by atomic mass is 10.0. The second-order valence-electron chi connectivity index (χ2n) is 12.2. The summed E-state index contributed by atoms with van der Waals surface area (Å²) in [5.41, 5.74) is 6.03. The van der Waals surface area contributed by atoms with Crippen molar-refractivity contribution in [3.8, 4) is 11.5 Å². The number of carbonyl (C=O) groups is 4. The van der Waals surface area contributed by atoms with Gasteiger partial charge >= 0.3 is 11.9 Å². The molecule has 2 unspecified atom stereocenters. The normalized spacial score (nSPS) is 17.6. The number of thiazole rings is 1. The largest absolute Gasteiger partial charge is 0.504 e. The van der Waals surface area contributed by atoms with Gasteiger partial charge in [-0.25, -0.2) is 14.6 Å². The van der Waals surface area contributed by atoms with Gasteiger partial charge in [-0.3, -0.25) is 14.5 Å². The molecule has 18 heteroatoms. The minimum atomic E-state index is -1.79. The van der Waals surface area contributed by atoms with Crippen LogP contribution in [0.5, 0.6) is 11.5 Å². The first-order valence-corrected chi connectivity index (χ1v) is 17.7. The van der Waals surface area contributed by atoms with Crippen LogP contribution in [0, 0.1) is 0 Å². The van der Waals surface area contributed by atoms with E-state index < -0.39 is 46.5 Å². The second kappa shape index (κ2) is 14.2. The average molecular weight is 766 g/mol. The number of amides is 2. The number of anilines is 1. The number of thioether (sulfide) groups is 1. The second-order valence-corrected chi connectivity index (χ2v) is 14.6. The predicted molar refractivity (Wildman–Crippen MR) is 193 cm³/mol. The van der Waals surface area contributed by atoms with Crippen molar-refractivity contribution in [1.82, 2.24) is 15.2 Å². The number of carboxylic acid groups (broad SMARTS) is 2. The van der Waals surface area contributed by atoms with Crippen LogP contribution in [0.25, 0.3) is 17.0 Å². The van der Waals surface area contributed by atoms with E-state index >= 15 is 0 Å². The standard InChI is InChI=1S/C34H29ClN6O9S2/c1-34(2,32(48)49)50-39-25(21-15-52-33(36)37-21)28(44)38-26-29(45)41-27(31(46)47)18(14-51-30(26)41)8-7-16-3-5-17(6-4-16)13-40-10-9-20(35)19-11-23(42)24(43)12-22(19)40/h3-12,15,26,30H,13-14H2,1-2H3,(H6,36,37,38,42,44,46,47,48,49)/p+1/b8-7+,39-25-. The number of aromatic hydroxyl groups is 2. The predicted octanol–water partition coefficient (Wildman–Crippen LogP) is 3.31. The minimum Gasteiger partial charge on any atom is -0.504 e. The number of pyridine rings is 1. The molecule has 52 heavy (non-hydrogen) atoms. The number of oxime groups is 1. The van der Waals surface area contributed by atoms with E-state index in [1.807, 2.05) is 28.8 Å². The first-order chi connectivity index (χ1) is 24.6. The van der Waals surface area contributed by atoms with Crippen LogP contribution in [-0.2, 0) is 30.6 Å². The molecular formula is C34H30ClN6O9S2+. The number of rotatable bonds is 11. The zero-order valence-electron chi connectivity index (χ0n) is 27.3. The summed E-state index contributed by atoms with van der Waals surface area (Å²) in [6.07, 6.45) is 5.15. The number of hydrogen-bond acceptors (Lipinski definition) is 12. The van der Waals surface area contributed by atoms with Crippen LogP contribution in [0.3, 0.4) is 0 Å². The Morgan fingerprint density at radius 1 is 1.15 bits per heavy atom. The summed E-state index contributed by atoms with van der Waals surface area (Å²) in [6.45, 7) is 2.91. The number of aromatic nitrogens is 2. The monoisotopic (exact) mass is 765 g/mol. The maximum atomic E-state index is 13.3. The van der Waals surface area contributed by atoms with E-state index in [1.165, 1.54) is 43.1 Å². The van der Waals surface area contributed by atoms with E-state index in [2.05, 4.69) is 15.5 Å². The Morgan fingerprint density at radius 2 is 1.87 bits per heavy atom. The average Bonchev–Trinajstić information content (AvgIpc) is 3.53. The highest BCUT2D eigenvalue weighted by Crippen LogP contribution is 2.41. The van der Waals surface area contributed by atoms with Crippen LogP contribution in [0.1, 0.15) is 30.7 Å². The van der Waals surface area contributed by atoms with Crippen molar-refractivity contribution in [2.45, 2.75) is 37.4 Å². The van der Waals surface area contributed by atoms with Crippen molar-refractivity contribution in [3.05, 3.63) is 93.2 Å². The lowest BCUT2D eigenvalue weighted by Crippen LogP contribution is -2.71. The maximum Gasteiger partial charge on any atom is 0.352 e. The third-order valence-electron chi connectivity index (χ3n) is 8.22. The van der Waals surface area contributed by atoms with Crippen LogP contribution < -0.4 is 15.6 Å².